The van der Waals surface area contributed by atoms with Crippen LogP contribution in [0.3, 0.4) is 0 Å². The van der Waals surface area contributed by atoms with Crippen LogP contribution >= 0.6 is 11.3 Å². The third kappa shape index (κ3) is 2.49. The van der Waals surface area contributed by atoms with Gasteiger partial charge in [0.1, 0.15) is 0 Å². The number of nitrogens with one attached hydrogen (secondary N) is 2. The van der Waals surface area contributed by atoms with E-state index >= 15 is 0 Å². The summed E-state index contributed by atoms with van der Waals surface area (Å²) in [6.45, 7) is 7.22. The van der Waals surface area contributed by atoms with Gasteiger partial charge >= 0.3 is 0 Å². The lowest BCUT2D eigenvalue weighted by atomic mass is 10.1. The van der Waals surface area contributed by atoms with Gasteiger partial charge in [0.25, 0.3) is 0 Å². The summed E-state index contributed by atoms with van der Waals surface area (Å²) in [7, 11) is 0. The second-order valence-electron chi connectivity index (χ2n) is 5.14. The Kier molecular flexibility index (Phi) is 3.59. The van der Waals surface area contributed by atoms with Crippen LogP contribution in [0.25, 0.3) is 10.9 Å². The number of hydrogen-bond acceptors (Lipinski definition) is 3. The van der Waals surface area contributed by atoms with Crippen molar-refractivity contribution < 1.29 is 0 Å². The van der Waals surface area contributed by atoms with Gasteiger partial charge in [-0.1, -0.05) is 12.1 Å². The highest BCUT2D eigenvalue weighted by Crippen LogP contribution is 2.25. The maximum Gasteiger partial charge on any atom is 0.0900 e. The van der Waals surface area contributed by atoms with Crippen LogP contribution in [0.1, 0.15) is 34.1 Å². The molecule has 3 aromatic rings. The Labute approximate surface area is 123 Å². The van der Waals surface area contributed by atoms with E-state index in [9.17, 15) is 0 Å². The van der Waals surface area contributed by atoms with Crippen molar-refractivity contribution >= 4 is 22.2 Å². The highest BCUT2D eigenvalue weighted by molar-refractivity contribution is 7.11. The van der Waals surface area contributed by atoms with Crippen molar-refractivity contribution in [1.82, 2.24) is 15.3 Å². The normalized spacial score (nSPS) is 12.9. The molecule has 2 N–H and O–H groups in total. The molecule has 0 saturated carbocycles. The Morgan fingerprint density at radius 2 is 2.15 bits per heavy atom. The Hall–Kier alpha value is -1.65. The molecule has 0 saturated heterocycles. The van der Waals surface area contributed by atoms with Crippen molar-refractivity contribution in [2.24, 2.45) is 0 Å². The number of aromatic amines is 1. The minimum absolute atomic E-state index is 0.329. The fourth-order valence-electron chi connectivity index (χ4n) is 2.61. The summed E-state index contributed by atoms with van der Waals surface area (Å²) in [6, 6.07) is 8.86. The topological polar surface area (TPSA) is 40.7 Å². The standard InChI is InChI=1S/C16H19N3S/c1-10(16-11(2)19-12(3)20-16)18-9-13-5-4-6-15-14(13)7-8-17-15/h4-8,10,17-18H,9H2,1-3H3. The zero-order chi connectivity index (χ0) is 14.1. The first-order valence-electron chi connectivity index (χ1n) is 6.87. The van der Waals surface area contributed by atoms with E-state index < -0.39 is 0 Å². The average Bonchev–Trinajstić information content (AvgIpc) is 3.02. The van der Waals surface area contributed by atoms with Gasteiger partial charge in [0, 0.05) is 34.6 Å². The number of aryl methyl sites for hydroxylation is 2. The maximum atomic E-state index is 4.50. The molecule has 4 heteroatoms. The summed E-state index contributed by atoms with van der Waals surface area (Å²) in [4.78, 5) is 9.10. The highest BCUT2D eigenvalue weighted by Gasteiger charge is 2.12. The third-order valence-corrected chi connectivity index (χ3v) is 4.87. The van der Waals surface area contributed by atoms with Gasteiger partial charge in [-0.25, -0.2) is 4.98 Å². The molecule has 0 bridgehead atoms. The van der Waals surface area contributed by atoms with E-state index in [1.807, 2.05) is 6.20 Å². The Morgan fingerprint density at radius 3 is 2.90 bits per heavy atom. The third-order valence-electron chi connectivity index (χ3n) is 3.62. The molecule has 2 aromatic heterocycles. The van der Waals surface area contributed by atoms with E-state index in [1.165, 1.54) is 21.3 Å². The zero-order valence-corrected chi connectivity index (χ0v) is 12.8. The van der Waals surface area contributed by atoms with E-state index in [-0.39, 0.29) is 0 Å². The van der Waals surface area contributed by atoms with Crippen LogP contribution < -0.4 is 5.32 Å². The quantitative estimate of drug-likeness (QED) is 0.758. The van der Waals surface area contributed by atoms with Crippen LogP contribution in [0, 0.1) is 13.8 Å². The van der Waals surface area contributed by atoms with Gasteiger partial charge in [0.15, 0.2) is 0 Å². The van der Waals surface area contributed by atoms with E-state index in [0.29, 0.717) is 6.04 Å². The molecule has 20 heavy (non-hydrogen) atoms. The summed E-state index contributed by atoms with van der Waals surface area (Å²) in [5, 5.41) is 6.04. The highest BCUT2D eigenvalue weighted by atomic mass is 32.1. The second kappa shape index (κ2) is 5.38. The number of nitrogens with zero attached hydrogens (tertiary/aromatic N) is 1. The molecular weight excluding hydrogens is 266 g/mol. The molecule has 104 valence electrons. The fourth-order valence-corrected chi connectivity index (χ4v) is 3.56. The first kappa shape index (κ1) is 13.3. The molecule has 2 heterocycles. The van der Waals surface area contributed by atoms with E-state index in [4.69, 9.17) is 0 Å². The maximum absolute atomic E-state index is 4.50. The Bertz CT molecular complexity index is 726. The van der Waals surface area contributed by atoms with Crippen LogP contribution in [0.4, 0.5) is 0 Å². The molecule has 0 aliphatic carbocycles. The Morgan fingerprint density at radius 1 is 1.30 bits per heavy atom. The van der Waals surface area contributed by atoms with Crippen molar-refractivity contribution in [2.75, 3.05) is 0 Å². The largest absolute Gasteiger partial charge is 0.361 e. The van der Waals surface area contributed by atoms with Crippen molar-refractivity contribution in [3.05, 3.63) is 51.6 Å². The number of benzene rings is 1. The van der Waals surface area contributed by atoms with Crippen LogP contribution in [-0.2, 0) is 6.54 Å². The molecule has 0 fully saturated rings. The molecule has 0 spiro atoms. The van der Waals surface area contributed by atoms with E-state index in [2.05, 4.69) is 60.3 Å². The molecular formula is C16H19N3S. The fraction of sp³-hybridized carbons (Fsp3) is 0.312. The number of thiazole rings is 1. The van der Waals surface area contributed by atoms with Crippen LogP contribution in [-0.4, -0.2) is 9.97 Å². The summed E-state index contributed by atoms with van der Waals surface area (Å²) < 4.78 is 0. The van der Waals surface area contributed by atoms with Gasteiger partial charge in [-0.3, -0.25) is 0 Å². The molecule has 0 radical (unpaired) electrons. The summed E-state index contributed by atoms with van der Waals surface area (Å²) in [5.41, 5.74) is 3.67. The number of H-pyrrole nitrogens is 1. The van der Waals surface area contributed by atoms with E-state index in [0.717, 1.165) is 17.2 Å². The van der Waals surface area contributed by atoms with Crippen molar-refractivity contribution in [1.29, 1.82) is 0 Å². The van der Waals surface area contributed by atoms with Crippen molar-refractivity contribution in [2.45, 2.75) is 33.4 Å². The lowest BCUT2D eigenvalue weighted by molar-refractivity contribution is 0.581. The first-order chi connectivity index (χ1) is 9.65. The first-order valence-corrected chi connectivity index (χ1v) is 7.69. The average molecular weight is 285 g/mol. The smallest absolute Gasteiger partial charge is 0.0900 e. The van der Waals surface area contributed by atoms with Gasteiger partial charge in [-0.15, -0.1) is 11.3 Å². The SMILES string of the molecule is Cc1nc(C)c(C(C)NCc2cccc3[nH]ccc23)s1. The van der Waals surface area contributed by atoms with Crippen LogP contribution in [0.5, 0.6) is 0 Å². The van der Waals surface area contributed by atoms with Gasteiger partial charge < -0.3 is 10.3 Å². The predicted octanol–water partition coefficient (Wildman–Crippen LogP) is 4.09. The van der Waals surface area contributed by atoms with Crippen LogP contribution in [0.15, 0.2) is 30.5 Å². The van der Waals surface area contributed by atoms with Gasteiger partial charge in [-0.05, 0) is 38.5 Å². The summed E-state index contributed by atoms with van der Waals surface area (Å²) >= 11 is 1.78. The molecule has 1 atom stereocenters. The lowest BCUT2D eigenvalue weighted by Gasteiger charge is -2.13. The molecule has 3 rings (SSSR count). The number of rotatable bonds is 4. The van der Waals surface area contributed by atoms with Crippen molar-refractivity contribution in [3.63, 3.8) is 0 Å². The lowest BCUT2D eigenvalue weighted by Crippen LogP contribution is -2.18. The van der Waals surface area contributed by atoms with Crippen LogP contribution in [0.2, 0.25) is 0 Å². The summed E-state index contributed by atoms with van der Waals surface area (Å²) in [5.74, 6) is 0. The molecule has 0 aliphatic heterocycles. The van der Waals surface area contributed by atoms with Gasteiger partial charge in [0.05, 0.1) is 10.7 Å². The monoisotopic (exact) mass is 285 g/mol. The molecule has 3 nitrogen and oxygen atoms in total. The van der Waals surface area contributed by atoms with Crippen molar-refractivity contribution in [3.8, 4) is 0 Å². The Balaban J connectivity index is 1.76. The predicted molar refractivity (Wildman–Crippen MR) is 85.1 cm³/mol. The number of aromatic nitrogens is 2. The number of fused-ring (bicyclic) bond motifs is 1. The molecule has 0 amide bonds. The van der Waals surface area contributed by atoms with Gasteiger partial charge in [0.2, 0.25) is 0 Å². The van der Waals surface area contributed by atoms with E-state index in [1.54, 1.807) is 11.3 Å². The minimum Gasteiger partial charge on any atom is -0.361 e. The second-order valence-corrected chi connectivity index (χ2v) is 6.38. The van der Waals surface area contributed by atoms with Gasteiger partial charge in [-0.2, -0.15) is 0 Å². The minimum atomic E-state index is 0.329. The molecule has 0 aliphatic rings. The zero-order valence-electron chi connectivity index (χ0n) is 12.0. The number of hydrogen-bond donors (Lipinski definition) is 2. The summed E-state index contributed by atoms with van der Waals surface area (Å²) in [6.07, 6.45) is 1.99. The molecule has 1 unspecified atom stereocenters. The molecule has 1 aromatic carbocycles.